The van der Waals surface area contributed by atoms with Crippen molar-refractivity contribution in [2.75, 3.05) is 0 Å². The first-order valence-electron chi connectivity index (χ1n) is 11.1. The van der Waals surface area contributed by atoms with Gasteiger partial charge in [-0.25, -0.2) is 4.79 Å². The van der Waals surface area contributed by atoms with Crippen LogP contribution in [0, 0.1) is 29.1 Å². The van der Waals surface area contributed by atoms with Gasteiger partial charge < -0.3 is 10.2 Å². The van der Waals surface area contributed by atoms with Crippen molar-refractivity contribution >= 4 is 11.8 Å². The number of aliphatic hydroxyl groups excluding tert-OH is 1. The van der Waals surface area contributed by atoms with E-state index >= 15 is 0 Å². The van der Waals surface area contributed by atoms with E-state index in [1.165, 1.54) is 0 Å². The number of aliphatic carboxylic acids is 1. The molecule has 4 nitrogen and oxygen atoms in total. The number of aliphatic hydroxyl groups is 1. The van der Waals surface area contributed by atoms with Gasteiger partial charge in [0.2, 0.25) is 0 Å². The zero-order chi connectivity index (χ0) is 21.5. The van der Waals surface area contributed by atoms with E-state index in [1.807, 2.05) is 13.0 Å². The van der Waals surface area contributed by atoms with Crippen molar-refractivity contribution in [3.8, 4) is 0 Å². The van der Waals surface area contributed by atoms with Crippen LogP contribution >= 0.6 is 0 Å². The number of allylic oxidation sites excluding steroid dienone is 4. The summed E-state index contributed by atoms with van der Waals surface area (Å²) >= 11 is 0. The van der Waals surface area contributed by atoms with Gasteiger partial charge in [0.25, 0.3) is 0 Å². The molecule has 0 aliphatic heterocycles. The molecule has 0 saturated heterocycles. The average Bonchev–Trinajstić information content (AvgIpc) is 3.09. The molecule has 0 aromatic rings. The van der Waals surface area contributed by atoms with E-state index in [1.54, 1.807) is 13.0 Å². The molecule has 0 amide bonds. The average molecular weight is 401 g/mol. The Morgan fingerprint density at radius 2 is 2.07 bits per heavy atom. The Hall–Kier alpha value is -1.68. The largest absolute Gasteiger partial charge is 0.478 e. The highest BCUT2D eigenvalue weighted by molar-refractivity contribution is 6.08. The van der Waals surface area contributed by atoms with Gasteiger partial charge in [-0.3, -0.25) is 4.79 Å². The summed E-state index contributed by atoms with van der Waals surface area (Å²) in [7, 11) is 0. The molecule has 0 radical (unpaired) electrons. The van der Waals surface area contributed by atoms with Gasteiger partial charge in [0.05, 0.1) is 6.10 Å². The summed E-state index contributed by atoms with van der Waals surface area (Å²) < 4.78 is 0. The molecule has 6 atom stereocenters. The predicted octanol–water partition coefficient (Wildman–Crippen LogP) is 5.08. The molecule has 160 valence electrons. The highest BCUT2D eigenvalue weighted by Gasteiger charge is 2.51. The highest BCUT2D eigenvalue weighted by Crippen LogP contribution is 2.58. The number of hydrogen-bond acceptors (Lipinski definition) is 3. The van der Waals surface area contributed by atoms with Crippen LogP contribution in [0.1, 0.15) is 73.1 Å². The van der Waals surface area contributed by atoms with Crippen LogP contribution in [0.3, 0.4) is 0 Å². The summed E-state index contributed by atoms with van der Waals surface area (Å²) in [4.78, 5) is 23.5. The fourth-order valence-corrected chi connectivity index (χ4v) is 6.24. The fraction of sp³-hybridized carbons (Fsp3) is 0.680. The molecule has 0 aromatic carbocycles. The van der Waals surface area contributed by atoms with Crippen LogP contribution in [0.25, 0.3) is 0 Å². The van der Waals surface area contributed by atoms with Gasteiger partial charge in [0.15, 0.2) is 5.78 Å². The zero-order valence-electron chi connectivity index (χ0n) is 18.5. The number of rotatable bonds is 5. The molecular weight excluding hydrogens is 364 g/mol. The molecule has 3 rings (SSSR count). The van der Waals surface area contributed by atoms with E-state index in [-0.39, 0.29) is 17.1 Å². The maximum Gasteiger partial charge on any atom is 0.330 e. The van der Waals surface area contributed by atoms with E-state index < -0.39 is 12.1 Å². The second kappa shape index (κ2) is 8.22. The minimum Gasteiger partial charge on any atom is -0.478 e. The van der Waals surface area contributed by atoms with Gasteiger partial charge in [0.1, 0.15) is 0 Å². The van der Waals surface area contributed by atoms with Crippen molar-refractivity contribution in [2.24, 2.45) is 29.1 Å². The topological polar surface area (TPSA) is 74.6 Å². The molecule has 0 bridgehead atoms. The van der Waals surface area contributed by atoms with Crippen molar-refractivity contribution in [3.63, 3.8) is 0 Å². The number of carbonyl (C=O) groups excluding carboxylic acids is 1. The van der Waals surface area contributed by atoms with E-state index in [0.29, 0.717) is 23.3 Å². The maximum absolute atomic E-state index is 12.5. The lowest BCUT2D eigenvalue weighted by molar-refractivity contribution is -0.132. The molecule has 0 heterocycles. The Morgan fingerprint density at radius 1 is 1.38 bits per heavy atom. The number of fused-ring (bicyclic) bond motifs is 2. The van der Waals surface area contributed by atoms with Crippen molar-refractivity contribution in [1.29, 1.82) is 0 Å². The van der Waals surface area contributed by atoms with Crippen LogP contribution in [0.2, 0.25) is 0 Å². The molecule has 3 aliphatic rings. The Labute approximate surface area is 174 Å². The zero-order valence-corrected chi connectivity index (χ0v) is 18.5. The van der Waals surface area contributed by atoms with E-state index in [4.69, 9.17) is 5.11 Å². The second-order valence-corrected chi connectivity index (χ2v) is 10.1. The van der Waals surface area contributed by atoms with E-state index in [2.05, 4.69) is 20.8 Å². The number of carboxylic acid groups (broad SMARTS) is 1. The minimum absolute atomic E-state index is 0.0922. The monoisotopic (exact) mass is 400 g/mol. The second-order valence-electron chi connectivity index (χ2n) is 10.1. The minimum atomic E-state index is -0.846. The first kappa shape index (κ1) is 22.0. The van der Waals surface area contributed by atoms with E-state index in [9.17, 15) is 14.7 Å². The third-order valence-corrected chi connectivity index (χ3v) is 8.20. The molecule has 2 N–H and O–H groups in total. The summed E-state index contributed by atoms with van der Waals surface area (Å²) in [5, 5.41) is 20.0. The van der Waals surface area contributed by atoms with Crippen molar-refractivity contribution in [3.05, 3.63) is 34.4 Å². The molecule has 4 heteroatoms. The standard InChI is InChI=1S/C25H36O4/c1-14(7-6-8-15(2)24(28)29)18-9-10-25(5)13-19-16(3)11-22(27)23(19)17(4)21(26)12-20(18)25/h8,11,14,18-21,26H,6-7,9-10,12-13H2,1-5H3,(H,28,29). The fourth-order valence-electron chi connectivity index (χ4n) is 6.24. The van der Waals surface area contributed by atoms with Crippen LogP contribution in [-0.4, -0.2) is 28.1 Å². The third kappa shape index (κ3) is 4.14. The highest BCUT2D eigenvalue weighted by atomic mass is 16.4. The first-order chi connectivity index (χ1) is 13.5. The van der Waals surface area contributed by atoms with Gasteiger partial charge in [-0.1, -0.05) is 25.5 Å². The molecular formula is C25H36O4. The van der Waals surface area contributed by atoms with Crippen molar-refractivity contribution < 1.29 is 19.8 Å². The molecule has 6 unspecified atom stereocenters. The summed E-state index contributed by atoms with van der Waals surface area (Å²) in [6.45, 7) is 10.3. The van der Waals surface area contributed by atoms with Crippen LogP contribution in [-0.2, 0) is 9.59 Å². The van der Waals surface area contributed by atoms with E-state index in [0.717, 1.165) is 55.2 Å². The summed E-state index contributed by atoms with van der Waals surface area (Å²) in [5.74, 6) is 0.842. The lowest BCUT2D eigenvalue weighted by Gasteiger charge is -2.42. The number of carboxylic acids is 1. The lowest BCUT2D eigenvalue weighted by Crippen LogP contribution is -2.36. The summed E-state index contributed by atoms with van der Waals surface area (Å²) in [6.07, 6.45) is 8.80. The number of hydrogen-bond donors (Lipinski definition) is 2. The first-order valence-corrected chi connectivity index (χ1v) is 11.1. The third-order valence-electron chi connectivity index (χ3n) is 8.20. The van der Waals surface area contributed by atoms with Gasteiger partial charge in [-0.2, -0.15) is 0 Å². The van der Waals surface area contributed by atoms with Crippen LogP contribution in [0.5, 0.6) is 0 Å². The van der Waals surface area contributed by atoms with Gasteiger partial charge in [-0.15, -0.1) is 0 Å². The molecule has 1 fully saturated rings. The summed E-state index contributed by atoms with van der Waals surface area (Å²) in [6, 6.07) is 0. The van der Waals surface area contributed by atoms with Gasteiger partial charge in [0, 0.05) is 17.1 Å². The van der Waals surface area contributed by atoms with Crippen molar-refractivity contribution in [1.82, 2.24) is 0 Å². The van der Waals surface area contributed by atoms with Crippen LogP contribution < -0.4 is 0 Å². The smallest absolute Gasteiger partial charge is 0.330 e. The molecule has 0 spiro atoms. The number of carbonyl (C=O) groups is 2. The van der Waals surface area contributed by atoms with Gasteiger partial charge >= 0.3 is 5.97 Å². The normalized spacial score (nSPS) is 36.3. The van der Waals surface area contributed by atoms with Gasteiger partial charge in [-0.05, 0) is 94.1 Å². The Morgan fingerprint density at radius 3 is 2.72 bits per heavy atom. The Bertz CT molecular complexity index is 787. The predicted molar refractivity (Wildman–Crippen MR) is 114 cm³/mol. The quantitative estimate of drug-likeness (QED) is 0.631. The SMILES string of the molecule is CC(=CCCC(C)C1CCC2(C)CC3C(C)=CC(=O)C3=C(C)C(O)CC12)C(=O)O. The van der Waals surface area contributed by atoms with Crippen LogP contribution in [0.4, 0.5) is 0 Å². The maximum atomic E-state index is 12.5. The molecule has 0 aromatic heterocycles. The lowest BCUT2D eigenvalue weighted by atomic mass is 9.63. The Kier molecular flexibility index (Phi) is 6.24. The number of ketones is 1. The summed E-state index contributed by atoms with van der Waals surface area (Å²) in [5.41, 5.74) is 3.40. The molecule has 3 aliphatic carbocycles. The van der Waals surface area contributed by atoms with Crippen LogP contribution in [0.15, 0.2) is 34.4 Å². The molecule has 29 heavy (non-hydrogen) atoms. The molecule has 1 saturated carbocycles. The van der Waals surface area contributed by atoms with Crippen molar-refractivity contribution in [2.45, 2.75) is 79.2 Å². The Balaban J connectivity index is 1.81.